The van der Waals surface area contributed by atoms with Crippen molar-refractivity contribution in [1.82, 2.24) is 19.9 Å². The number of carbonyl (C=O) groups excluding carboxylic acids is 1. The van der Waals surface area contributed by atoms with Crippen LogP contribution in [-0.4, -0.2) is 40.2 Å². The first-order valence-corrected chi connectivity index (χ1v) is 10.5. The molecule has 0 fully saturated rings. The summed E-state index contributed by atoms with van der Waals surface area (Å²) in [5.74, 6) is 0.0777. The first-order valence-electron chi connectivity index (χ1n) is 10.5. The molecule has 0 spiro atoms. The van der Waals surface area contributed by atoms with E-state index in [9.17, 15) is 4.79 Å². The Bertz CT molecular complexity index is 1260. The van der Waals surface area contributed by atoms with E-state index in [1.807, 2.05) is 67.8 Å². The van der Waals surface area contributed by atoms with Crippen molar-refractivity contribution in [3.8, 4) is 5.69 Å². The van der Waals surface area contributed by atoms with Gasteiger partial charge in [-0.1, -0.05) is 24.3 Å². The number of nitrogens with two attached hydrogens (primary N) is 1. The fourth-order valence-corrected chi connectivity index (χ4v) is 3.70. The predicted molar refractivity (Wildman–Crippen MR) is 124 cm³/mol. The zero-order valence-corrected chi connectivity index (χ0v) is 18.1. The van der Waals surface area contributed by atoms with Gasteiger partial charge < -0.3 is 15.8 Å². The molecule has 2 heterocycles. The number of rotatable bonds is 7. The molecular formula is C24H27N5O2. The van der Waals surface area contributed by atoms with E-state index in [1.165, 1.54) is 0 Å². The summed E-state index contributed by atoms with van der Waals surface area (Å²) in [6.07, 6.45) is 0.726. The van der Waals surface area contributed by atoms with E-state index in [-0.39, 0.29) is 5.91 Å². The SMILES string of the molecule is CCOCCCNC(=O)c1c(N)n(-c2cc(C)ccc2C)c2nc3ccccc3nc12. The van der Waals surface area contributed by atoms with Gasteiger partial charge in [-0.15, -0.1) is 0 Å². The number of para-hydroxylation sites is 2. The van der Waals surface area contributed by atoms with Gasteiger partial charge in [0.05, 0.1) is 16.7 Å². The number of amides is 1. The maximum atomic E-state index is 13.1. The van der Waals surface area contributed by atoms with Crippen LogP contribution in [0.15, 0.2) is 42.5 Å². The number of hydrogen-bond acceptors (Lipinski definition) is 5. The number of fused-ring (bicyclic) bond motifs is 2. The van der Waals surface area contributed by atoms with Crippen LogP contribution in [-0.2, 0) is 4.74 Å². The molecule has 4 rings (SSSR count). The van der Waals surface area contributed by atoms with E-state index < -0.39 is 0 Å². The van der Waals surface area contributed by atoms with Gasteiger partial charge in [0.1, 0.15) is 16.9 Å². The molecular weight excluding hydrogens is 390 g/mol. The van der Waals surface area contributed by atoms with Gasteiger partial charge in [-0.2, -0.15) is 0 Å². The number of hydrogen-bond donors (Lipinski definition) is 2. The third-order valence-corrected chi connectivity index (χ3v) is 5.29. The van der Waals surface area contributed by atoms with Crippen LogP contribution in [0.2, 0.25) is 0 Å². The monoisotopic (exact) mass is 417 g/mol. The van der Waals surface area contributed by atoms with Gasteiger partial charge >= 0.3 is 0 Å². The summed E-state index contributed by atoms with van der Waals surface area (Å²) in [5.41, 5.74) is 12.5. The summed E-state index contributed by atoms with van der Waals surface area (Å²) in [5, 5.41) is 2.95. The van der Waals surface area contributed by atoms with Crippen LogP contribution >= 0.6 is 0 Å². The van der Waals surface area contributed by atoms with E-state index in [0.29, 0.717) is 42.3 Å². The van der Waals surface area contributed by atoms with E-state index in [2.05, 4.69) is 5.32 Å². The van der Waals surface area contributed by atoms with Gasteiger partial charge in [-0.3, -0.25) is 9.36 Å². The van der Waals surface area contributed by atoms with Gasteiger partial charge in [-0.05, 0) is 56.5 Å². The van der Waals surface area contributed by atoms with Crippen LogP contribution in [0, 0.1) is 13.8 Å². The molecule has 7 nitrogen and oxygen atoms in total. The fourth-order valence-electron chi connectivity index (χ4n) is 3.70. The van der Waals surface area contributed by atoms with Crippen molar-refractivity contribution >= 4 is 33.9 Å². The van der Waals surface area contributed by atoms with Gasteiger partial charge in [-0.25, -0.2) is 9.97 Å². The van der Waals surface area contributed by atoms with Crippen molar-refractivity contribution in [3.05, 3.63) is 59.2 Å². The molecule has 0 aliphatic carbocycles. The fraction of sp³-hybridized carbons (Fsp3) is 0.292. The zero-order chi connectivity index (χ0) is 22.0. The van der Waals surface area contributed by atoms with Crippen molar-refractivity contribution in [2.24, 2.45) is 0 Å². The molecule has 3 N–H and O–H groups in total. The summed E-state index contributed by atoms with van der Waals surface area (Å²) in [7, 11) is 0. The van der Waals surface area contributed by atoms with E-state index in [0.717, 1.165) is 34.3 Å². The molecule has 0 unspecified atom stereocenters. The number of aryl methyl sites for hydroxylation is 2. The Labute approximate surface area is 181 Å². The van der Waals surface area contributed by atoms with Crippen LogP contribution in [0.3, 0.4) is 0 Å². The highest BCUT2D eigenvalue weighted by Crippen LogP contribution is 2.32. The minimum atomic E-state index is -0.257. The standard InChI is InChI=1S/C24H27N5O2/c1-4-31-13-7-12-26-24(30)20-21-23(28-18-9-6-5-8-17(18)27-21)29(22(20)25)19-14-15(2)10-11-16(19)3/h5-6,8-11,14H,4,7,12-13,25H2,1-3H3,(H,26,30). The molecule has 2 aromatic carbocycles. The van der Waals surface area contributed by atoms with Gasteiger partial charge in [0.15, 0.2) is 5.65 Å². The lowest BCUT2D eigenvalue weighted by molar-refractivity contribution is 0.0946. The second-order valence-electron chi connectivity index (χ2n) is 7.58. The molecule has 0 radical (unpaired) electrons. The smallest absolute Gasteiger partial charge is 0.257 e. The van der Waals surface area contributed by atoms with Crippen LogP contribution in [0.25, 0.3) is 27.9 Å². The lowest BCUT2D eigenvalue weighted by Crippen LogP contribution is -2.26. The number of benzene rings is 2. The number of aromatic nitrogens is 3. The van der Waals surface area contributed by atoms with Gasteiger partial charge in [0.2, 0.25) is 0 Å². The summed E-state index contributed by atoms with van der Waals surface area (Å²) in [6, 6.07) is 13.8. The molecule has 1 amide bonds. The molecule has 7 heteroatoms. The summed E-state index contributed by atoms with van der Waals surface area (Å²) in [4.78, 5) is 22.7. The van der Waals surface area contributed by atoms with Crippen molar-refractivity contribution < 1.29 is 9.53 Å². The van der Waals surface area contributed by atoms with Crippen molar-refractivity contribution in [2.75, 3.05) is 25.5 Å². The minimum Gasteiger partial charge on any atom is -0.384 e. The average molecular weight is 418 g/mol. The Morgan fingerprint density at radius 1 is 1.13 bits per heavy atom. The first-order chi connectivity index (χ1) is 15.0. The topological polar surface area (TPSA) is 95.1 Å². The normalized spacial score (nSPS) is 11.3. The largest absolute Gasteiger partial charge is 0.384 e. The lowest BCUT2D eigenvalue weighted by Gasteiger charge is -2.12. The molecule has 0 aliphatic heterocycles. The molecule has 0 saturated carbocycles. The second-order valence-corrected chi connectivity index (χ2v) is 7.58. The first kappa shape index (κ1) is 20.8. The lowest BCUT2D eigenvalue weighted by atomic mass is 10.1. The molecule has 2 aromatic heterocycles. The third kappa shape index (κ3) is 3.96. The van der Waals surface area contributed by atoms with Crippen LogP contribution in [0.1, 0.15) is 34.8 Å². The van der Waals surface area contributed by atoms with Crippen LogP contribution in [0.4, 0.5) is 5.82 Å². The zero-order valence-electron chi connectivity index (χ0n) is 18.1. The number of nitrogens with one attached hydrogen (secondary N) is 1. The molecule has 0 atom stereocenters. The molecule has 0 saturated heterocycles. The summed E-state index contributed by atoms with van der Waals surface area (Å²) < 4.78 is 7.19. The Balaban J connectivity index is 1.87. The second kappa shape index (κ2) is 8.73. The Morgan fingerprint density at radius 3 is 2.61 bits per heavy atom. The van der Waals surface area contributed by atoms with Crippen molar-refractivity contribution in [1.29, 1.82) is 0 Å². The summed E-state index contributed by atoms with van der Waals surface area (Å²) >= 11 is 0. The molecule has 4 aromatic rings. The quantitative estimate of drug-likeness (QED) is 0.444. The number of nitrogens with zero attached hydrogens (tertiary/aromatic N) is 3. The highest BCUT2D eigenvalue weighted by atomic mass is 16.5. The van der Waals surface area contributed by atoms with E-state index in [1.54, 1.807) is 0 Å². The maximum absolute atomic E-state index is 13.1. The highest BCUT2D eigenvalue weighted by Gasteiger charge is 2.25. The Kier molecular flexibility index (Phi) is 5.86. The number of anilines is 1. The number of carbonyl (C=O) groups is 1. The van der Waals surface area contributed by atoms with Crippen molar-refractivity contribution in [2.45, 2.75) is 27.2 Å². The Hall–Kier alpha value is -3.45. The Morgan fingerprint density at radius 2 is 1.87 bits per heavy atom. The molecule has 31 heavy (non-hydrogen) atoms. The van der Waals surface area contributed by atoms with E-state index >= 15 is 0 Å². The van der Waals surface area contributed by atoms with Gasteiger partial charge in [0.25, 0.3) is 5.91 Å². The highest BCUT2D eigenvalue weighted by molar-refractivity contribution is 6.11. The summed E-state index contributed by atoms with van der Waals surface area (Å²) in [6.45, 7) is 7.74. The van der Waals surface area contributed by atoms with Crippen LogP contribution < -0.4 is 11.1 Å². The maximum Gasteiger partial charge on any atom is 0.257 e. The third-order valence-electron chi connectivity index (χ3n) is 5.29. The van der Waals surface area contributed by atoms with E-state index in [4.69, 9.17) is 20.4 Å². The van der Waals surface area contributed by atoms with Gasteiger partial charge in [0, 0.05) is 19.8 Å². The number of nitrogen functional groups attached to an aromatic ring is 1. The van der Waals surface area contributed by atoms with Crippen molar-refractivity contribution in [3.63, 3.8) is 0 Å². The van der Waals surface area contributed by atoms with Crippen LogP contribution in [0.5, 0.6) is 0 Å². The average Bonchev–Trinajstić information content (AvgIpc) is 3.04. The number of ether oxygens (including phenoxy) is 1. The minimum absolute atomic E-state index is 0.257. The molecule has 0 aliphatic rings. The molecule has 0 bridgehead atoms. The molecule has 160 valence electrons. The predicted octanol–water partition coefficient (Wildman–Crippen LogP) is 3.93.